The molecule has 0 aromatic heterocycles. The minimum atomic E-state index is 0.779. The van der Waals surface area contributed by atoms with Gasteiger partial charge in [-0.2, -0.15) is 0 Å². The Balaban J connectivity index is 1.70. The summed E-state index contributed by atoms with van der Waals surface area (Å²) in [5.41, 5.74) is 5.75. The molecule has 0 aromatic carbocycles. The largest absolute Gasteiger partial charge is 0.330 e. The molecule has 0 saturated carbocycles. The van der Waals surface area contributed by atoms with Gasteiger partial charge in [-0.25, -0.2) is 0 Å². The highest BCUT2D eigenvalue weighted by Gasteiger charge is 2.19. The smallest absolute Gasteiger partial charge is 0.00222 e. The summed E-state index contributed by atoms with van der Waals surface area (Å²) in [6.07, 6.45) is 21.6. The quantitative estimate of drug-likeness (QED) is 0.366. The van der Waals surface area contributed by atoms with Gasteiger partial charge in [0.1, 0.15) is 0 Å². The van der Waals surface area contributed by atoms with E-state index in [0.29, 0.717) is 0 Å². The zero-order chi connectivity index (χ0) is 16.6. The lowest BCUT2D eigenvalue weighted by atomic mass is 10.0. The van der Waals surface area contributed by atoms with E-state index in [4.69, 9.17) is 5.73 Å². The Morgan fingerprint density at radius 2 is 1.22 bits per heavy atom. The van der Waals surface area contributed by atoms with Crippen molar-refractivity contribution in [2.24, 2.45) is 11.7 Å². The highest BCUT2D eigenvalue weighted by atomic mass is 15.1. The fourth-order valence-corrected chi connectivity index (χ4v) is 3.84. The van der Waals surface area contributed by atoms with E-state index in [-0.39, 0.29) is 0 Å². The zero-order valence-corrected chi connectivity index (χ0v) is 16.0. The van der Waals surface area contributed by atoms with Crippen molar-refractivity contribution in [2.75, 3.05) is 26.2 Å². The first-order valence-corrected chi connectivity index (χ1v) is 10.8. The summed E-state index contributed by atoms with van der Waals surface area (Å²) in [6.45, 7) is 7.04. The van der Waals surface area contributed by atoms with Crippen LogP contribution in [0.3, 0.4) is 0 Å². The van der Waals surface area contributed by atoms with Gasteiger partial charge in [-0.15, -0.1) is 0 Å². The summed E-state index contributed by atoms with van der Waals surface area (Å²) in [5.74, 6) is 0.779. The summed E-state index contributed by atoms with van der Waals surface area (Å²) in [7, 11) is 0. The van der Waals surface area contributed by atoms with Crippen molar-refractivity contribution in [1.82, 2.24) is 4.90 Å². The van der Waals surface area contributed by atoms with Crippen LogP contribution in [0.5, 0.6) is 0 Å². The zero-order valence-electron chi connectivity index (χ0n) is 16.0. The monoisotopic (exact) mass is 324 g/mol. The van der Waals surface area contributed by atoms with Gasteiger partial charge in [-0.3, -0.25) is 0 Å². The van der Waals surface area contributed by atoms with Crippen LogP contribution in [0.2, 0.25) is 0 Å². The molecule has 2 nitrogen and oxygen atoms in total. The predicted octanol–water partition coefficient (Wildman–Crippen LogP) is 5.75. The first kappa shape index (κ1) is 21.0. The summed E-state index contributed by atoms with van der Waals surface area (Å²) in [5, 5.41) is 0. The number of likely N-dealkylation sites (tertiary alicyclic amines) is 1. The summed E-state index contributed by atoms with van der Waals surface area (Å²) in [4.78, 5) is 2.62. The third-order valence-electron chi connectivity index (χ3n) is 5.53. The van der Waals surface area contributed by atoms with Gasteiger partial charge in [0.15, 0.2) is 0 Å². The molecular formula is C21H44N2. The van der Waals surface area contributed by atoms with Crippen LogP contribution in [0.25, 0.3) is 0 Å². The molecule has 1 heterocycles. The SMILES string of the molecule is CCCCCCCCCCCCCCCCN1CCC(CN)C1. The second kappa shape index (κ2) is 15.4. The van der Waals surface area contributed by atoms with Crippen molar-refractivity contribution in [1.29, 1.82) is 0 Å². The van der Waals surface area contributed by atoms with Gasteiger partial charge in [0.05, 0.1) is 0 Å². The molecule has 0 radical (unpaired) electrons. The molecule has 2 heteroatoms. The molecule has 1 fully saturated rings. The third-order valence-corrected chi connectivity index (χ3v) is 5.53. The van der Waals surface area contributed by atoms with Crippen LogP contribution < -0.4 is 5.73 Å². The maximum absolute atomic E-state index is 5.75. The topological polar surface area (TPSA) is 29.3 Å². The van der Waals surface area contributed by atoms with Gasteiger partial charge in [0.2, 0.25) is 0 Å². The van der Waals surface area contributed by atoms with Gasteiger partial charge in [-0.1, -0.05) is 90.4 Å². The summed E-state index contributed by atoms with van der Waals surface area (Å²) < 4.78 is 0. The number of hydrogen-bond acceptors (Lipinski definition) is 2. The standard InChI is InChI=1S/C21H44N2/c1-2-3-4-5-6-7-8-9-10-11-12-13-14-15-17-23-18-16-21(19-22)20-23/h21H,2-20,22H2,1H3. The Hall–Kier alpha value is -0.0800. The van der Waals surface area contributed by atoms with E-state index in [9.17, 15) is 0 Å². The number of rotatable bonds is 16. The molecule has 0 amide bonds. The molecule has 0 spiro atoms. The maximum atomic E-state index is 5.75. The molecule has 1 atom stereocenters. The molecule has 23 heavy (non-hydrogen) atoms. The lowest BCUT2D eigenvalue weighted by molar-refractivity contribution is 0.315. The van der Waals surface area contributed by atoms with Gasteiger partial charge in [0.25, 0.3) is 0 Å². The van der Waals surface area contributed by atoms with E-state index in [2.05, 4.69) is 11.8 Å². The first-order chi connectivity index (χ1) is 11.4. The predicted molar refractivity (Wildman–Crippen MR) is 104 cm³/mol. The third kappa shape index (κ3) is 12.0. The van der Waals surface area contributed by atoms with E-state index in [1.807, 2.05) is 0 Å². The molecular weight excluding hydrogens is 280 g/mol. The van der Waals surface area contributed by atoms with Crippen molar-refractivity contribution in [3.63, 3.8) is 0 Å². The van der Waals surface area contributed by atoms with E-state index in [1.165, 1.54) is 116 Å². The van der Waals surface area contributed by atoms with Crippen molar-refractivity contribution in [3.05, 3.63) is 0 Å². The van der Waals surface area contributed by atoms with Crippen LogP contribution in [0.4, 0.5) is 0 Å². The number of hydrogen-bond donors (Lipinski definition) is 1. The van der Waals surface area contributed by atoms with Crippen LogP contribution in [0.15, 0.2) is 0 Å². The first-order valence-electron chi connectivity index (χ1n) is 10.8. The van der Waals surface area contributed by atoms with Crippen LogP contribution in [-0.4, -0.2) is 31.1 Å². The normalized spacial score (nSPS) is 18.8. The van der Waals surface area contributed by atoms with Crippen molar-refractivity contribution in [3.8, 4) is 0 Å². The van der Waals surface area contributed by atoms with Gasteiger partial charge in [0, 0.05) is 6.54 Å². The van der Waals surface area contributed by atoms with Gasteiger partial charge >= 0.3 is 0 Å². The molecule has 138 valence electrons. The van der Waals surface area contributed by atoms with Crippen molar-refractivity contribution in [2.45, 2.75) is 103 Å². The van der Waals surface area contributed by atoms with E-state index >= 15 is 0 Å². The number of nitrogens with two attached hydrogens (primary N) is 1. The van der Waals surface area contributed by atoms with Crippen LogP contribution >= 0.6 is 0 Å². The summed E-state index contributed by atoms with van der Waals surface area (Å²) in [6, 6.07) is 0. The van der Waals surface area contributed by atoms with Gasteiger partial charge in [-0.05, 0) is 38.4 Å². The Kier molecular flexibility index (Phi) is 14.1. The fourth-order valence-electron chi connectivity index (χ4n) is 3.84. The van der Waals surface area contributed by atoms with Crippen LogP contribution in [0.1, 0.15) is 103 Å². The molecule has 1 rings (SSSR count). The molecule has 0 aliphatic carbocycles. The lowest BCUT2D eigenvalue weighted by Gasteiger charge is -2.15. The lowest BCUT2D eigenvalue weighted by Crippen LogP contribution is -2.24. The average molecular weight is 325 g/mol. The molecule has 1 unspecified atom stereocenters. The van der Waals surface area contributed by atoms with Crippen molar-refractivity contribution < 1.29 is 0 Å². The van der Waals surface area contributed by atoms with Crippen molar-refractivity contribution >= 4 is 0 Å². The number of nitrogens with zero attached hydrogens (tertiary/aromatic N) is 1. The summed E-state index contributed by atoms with van der Waals surface area (Å²) >= 11 is 0. The minimum absolute atomic E-state index is 0.779. The Morgan fingerprint density at radius 3 is 1.65 bits per heavy atom. The Bertz CT molecular complexity index is 242. The number of unbranched alkanes of at least 4 members (excludes halogenated alkanes) is 13. The Morgan fingerprint density at radius 1 is 0.739 bits per heavy atom. The molecule has 2 N–H and O–H groups in total. The second-order valence-corrected chi connectivity index (χ2v) is 7.79. The molecule has 0 aromatic rings. The average Bonchev–Trinajstić information content (AvgIpc) is 3.03. The molecule has 1 aliphatic heterocycles. The molecule has 1 aliphatic rings. The van der Waals surface area contributed by atoms with E-state index in [0.717, 1.165) is 12.5 Å². The fraction of sp³-hybridized carbons (Fsp3) is 1.00. The van der Waals surface area contributed by atoms with E-state index in [1.54, 1.807) is 0 Å². The van der Waals surface area contributed by atoms with Crippen LogP contribution in [0, 0.1) is 5.92 Å². The minimum Gasteiger partial charge on any atom is -0.330 e. The second-order valence-electron chi connectivity index (χ2n) is 7.79. The van der Waals surface area contributed by atoms with Gasteiger partial charge < -0.3 is 10.6 Å². The Labute approximate surface area is 146 Å². The maximum Gasteiger partial charge on any atom is 0.00222 e. The van der Waals surface area contributed by atoms with E-state index < -0.39 is 0 Å². The highest BCUT2D eigenvalue weighted by molar-refractivity contribution is 4.75. The molecule has 1 saturated heterocycles. The highest BCUT2D eigenvalue weighted by Crippen LogP contribution is 2.16. The molecule has 0 bridgehead atoms. The van der Waals surface area contributed by atoms with Crippen LogP contribution in [-0.2, 0) is 0 Å².